The predicted molar refractivity (Wildman–Crippen MR) is 84.3 cm³/mol. The first kappa shape index (κ1) is 15.1. The van der Waals surface area contributed by atoms with Gasteiger partial charge in [0.25, 0.3) is 5.91 Å². The van der Waals surface area contributed by atoms with E-state index in [-0.39, 0.29) is 11.8 Å². The molecule has 3 fully saturated rings. The maximum Gasteiger partial charge on any atom is 0.276 e. The molecular formula is C17H25N3O3. The van der Waals surface area contributed by atoms with Gasteiger partial charge in [0.1, 0.15) is 5.76 Å². The zero-order chi connectivity index (χ0) is 16.0. The zero-order valence-corrected chi connectivity index (χ0v) is 13.9. The minimum Gasteiger partial charge on any atom is -0.378 e. The van der Waals surface area contributed by atoms with Gasteiger partial charge in [-0.2, -0.15) is 0 Å². The molecule has 3 heterocycles. The Bertz CT molecular complexity index is 581. The molecule has 3 aliphatic rings. The van der Waals surface area contributed by atoms with Gasteiger partial charge in [0.15, 0.2) is 5.69 Å². The molecule has 0 N–H and O–H groups in total. The maximum atomic E-state index is 12.7. The second-order valence-corrected chi connectivity index (χ2v) is 7.35. The van der Waals surface area contributed by atoms with Gasteiger partial charge in [-0.05, 0) is 18.8 Å². The van der Waals surface area contributed by atoms with Crippen molar-refractivity contribution in [3.05, 3.63) is 17.5 Å². The lowest BCUT2D eigenvalue weighted by molar-refractivity contribution is -0.0817. The summed E-state index contributed by atoms with van der Waals surface area (Å²) in [6, 6.07) is 2.66. The molecular weight excluding hydrogens is 294 g/mol. The second-order valence-electron chi connectivity index (χ2n) is 7.35. The number of carbonyl (C=O) groups excluding carboxylic acids is 1. The number of hydrogen-bond donors (Lipinski definition) is 0. The summed E-state index contributed by atoms with van der Waals surface area (Å²) in [6.45, 7) is 8.08. The molecule has 1 aliphatic carbocycles. The molecule has 1 saturated carbocycles. The number of fused-ring (bicyclic) bond motifs is 1. The fourth-order valence-electron chi connectivity index (χ4n) is 3.77. The predicted octanol–water partition coefficient (Wildman–Crippen LogP) is 1.73. The third kappa shape index (κ3) is 2.90. The number of amides is 1. The van der Waals surface area contributed by atoms with Crippen molar-refractivity contribution in [1.82, 2.24) is 15.0 Å². The highest BCUT2D eigenvalue weighted by Gasteiger charge is 2.43. The van der Waals surface area contributed by atoms with E-state index < -0.39 is 0 Å². The summed E-state index contributed by atoms with van der Waals surface area (Å²) in [7, 11) is 0. The van der Waals surface area contributed by atoms with Crippen LogP contribution in [0.4, 0.5) is 0 Å². The van der Waals surface area contributed by atoms with Crippen molar-refractivity contribution in [1.29, 1.82) is 0 Å². The van der Waals surface area contributed by atoms with E-state index in [0.29, 0.717) is 17.8 Å². The monoisotopic (exact) mass is 319 g/mol. The highest BCUT2D eigenvalue weighted by molar-refractivity contribution is 5.92. The minimum atomic E-state index is -0.0196. The van der Waals surface area contributed by atoms with Crippen molar-refractivity contribution < 1.29 is 14.1 Å². The van der Waals surface area contributed by atoms with Crippen molar-refractivity contribution in [2.24, 2.45) is 5.92 Å². The molecule has 0 aromatic carbocycles. The lowest BCUT2D eigenvalue weighted by Crippen LogP contribution is -2.63. The van der Waals surface area contributed by atoms with Gasteiger partial charge in [-0.25, -0.2) is 0 Å². The standard InChI is InChI=1S/C17H25N3O3/c1-11(2)16-7-14(18-23-16)17(21)19-5-6-20-13(8-19)9-22-10-15(20)12-3-4-12/h7,11-13,15H,3-6,8-10H2,1-2H3. The van der Waals surface area contributed by atoms with Gasteiger partial charge >= 0.3 is 0 Å². The average Bonchev–Trinajstić information content (AvgIpc) is 3.28. The smallest absolute Gasteiger partial charge is 0.276 e. The Labute approximate surface area is 136 Å². The van der Waals surface area contributed by atoms with Crippen LogP contribution in [0.25, 0.3) is 0 Å². The topological polar surface area (TPSA) is 58.8 Å². The van der Waals surface area contributed by atoms with Gasteiger partial charge in [-0.15, -0.1) is 0 Å². The summed E-state index contributed by atoms with van der Waals surface area (Å²) in [4.78, 5) is 17.2. The summed E-state index contributed by atoms with van der Waals surface area (Å²) in [5.41, 5.74) is 0.428. The Morgan fingerprint density at radius 3 is 2.83 bits per heavy atom. The van der Waals surface area contributed by atoms with E-state index in [1.807, 2.05) is 18.7 Å². The Morgan fingerprint density at radius 2 is 2.13 bits per heavy atom. The normalized spacial score (nSPS) is 28.9. The van der Waals surface area contributed by atoms with Crippen LogP contribution in [0.2, 0.25) is 0 Å². The first-order valence-corrected chi connectivity index (χ1v) is 8.73. The van der Waals surface area contributed by atoms with Crippen LogP contribution in [0.3, 0.4) is 0 Å². The van der Waals surface area contributed by atoms with Crippen LogP contribution in [0.1, 0.15) is 48.9 Å². The molecule has 126 valence electrons. The molecule has 2 atom stereocenters. The van der Waals surface area contributed by atoms with E-state index in [1.165, 1.54) is 12.8 Å². The lowest BCUT2D eigenvalue weighted by Gasteiger charge is -2.48. The third-order valence-corrected chi connectivity index (χ3v) is 5.32. The molecule has 2 saturated heterocycles. The number of morpholine rings is 1. The fourth-order valence-corrected chi connectivity index (χ4v) is 3.77. The van der Waals surface area contributed by atoms with Gasteiger partial charge in [-0.1, -0.05) is 19.0 Å². The summed E-state index contributed by atoms with van der Waals surface area (Å²) in [5, 5.41) is 3.96. The molecule has 1 amide bonds. The first-order chi connectivity index (χ1) is 11.1. The highest BCUT2D eigenvalue weighted by Crippen LogP contribution is 2.38. The number of rotatable bonds is 3. The van der Waals surface area contributed by atoms with Crippen LogP contribution in [0.15, 0.2) is 10.6 Å². The Hall–Kier alpha value is -1.40. The van der Waals surface area contributed by atoms with Crippen LogP contribution in [0, 0.1) is 5.92 Å². The molecule has 1 aromatic heterocycles. The second kappa shape index (κ2) is 5.91. The quantitative estimate of drug-likeness (QED) is 0.849. The van der Waals surface area contributed by atoms with Crippen LogP contribution in [-0.2, 0) is 4.74 Å². The molecule has 0 bridgehead atoms. The number of nitrogens with zero attached hydrogens (tertiary/aromatic N) is 3. The number of aromatic nitrogens is 1. The molecule has 0 radical (unpaired) electrons. The first-order valence-electron chi connectivity index (χ1n) is 8.73. The Kier molecular flexibility index (Phi) is 3.89. The zero-order valence-electron chi connectivity index (χ0n) is 13.9. The van der Waals surface area contributed by atoms with Crippen LogP contribution in [-0.4, -0.2) is 65.8 Å². The largest absolute Gasteiger partial charge is 0.378 e. The third-order valence-electron chi connectivity index (χ3n) is 5.32. The summed E-state index contributed by atoms with van der Waals surface area (Å²) >= 11 is 0. The molecule has 6 nitrogen and oxygen atoms in total. The van der Waals surface area contributed by atoms with E-state index in [0.717, 1.165) is 44.5 Å². The highest BCUT2D eigenvalue weighted by atomic mass is 16.5. The molecule has 1 aromatic rings. The number of hydrogen-bond acceptors (Lipinski definition) is 5. The van der Waals surface area contributed by atoms with E-state index in [2.05, 4.69) is 10.1 Å². The van der Waals surface area contributed by atoms with E-state index in [9.17, 15) is 4.79 Å². The average molecular weight is 319 g/mol. The summed E-state index contributed by atoms with van der Waals surface area (Å²) in [5.74, 6) is 1.80. The molecule has 0 spiro atoms. The van der Waals surface area contributed by atoms with Crippen molar-refractivity contribution in [3.63, 3.8) is 0 Å². The molecule has 4 rings (SSSR count). The molecule has 2 unspecified atom stereocenters. The van der Waals surface area contributed by atoms with Gasteiger partial charge in [0, 0.05) is 37.7 Å². The van der Waals surface area contributed by atoms with E-state index in [1.54, 1.807) is 6.07 Å². The van der Waals surface area contributed by atoms with E-state index in [4.69, 9.17) is 9.26 Å². The van der Waals surface area contributed by atoms with Crippen LogP contribution in [0.5, 0.6) is 0 Å². The molecule has 23 heavy (non-hydrogen) atoms. The van der Waals surface area contributed by atoms with Gasteiger partial charge in [-0.3, -0.25) is 9.69 Å². The Balaban J connectivity index is 1.43. The van der Waals surface area contributed by atoms with Crippen LogP contribution < -0.4 is 0 Å². The Morgan fingerprint density at radius 1 is 1.30 bits per heavy atom. The van der Waals surface area contributed by atoms with E-state index >= 15 is 0 Å². The number of piperazine rings is 1. The van der Waals surface area contributed by atoms with Gasteiger partial charge < -0.3 is 14.2 Å². The van der Waals surface area contributed by atoms with Crippen molar-refractivity contribution >= 4 is 5.91 Å². The van der Waals surface area contributed by atoms with Gasteiger partial charge in [0.2, 0.25) is 0 Å². The SMILES string of the molecule is CC(C)c1cc(C(=O)N2CCN3C(COCC3C3CC3)C2)no1. The van der Waals surface area contributed by atoms with Crippen molar-refractivity contribution in [3.8, 4) is 0 Å². The van der Waals surface area contributed by atoms with Gasteiger partial charge in [0.05, 0.1) is 19.3 Å². The van der Waals surface area contributed by atoms with Crippen molar-refractivity contribution in [2.75, 3.05) is 32.8 Å². The fraction of sp³-hybridized carbons (Fsp3) is 0.765. The number of carbonyl (C=O) groups is 1. The maximum absolute atomic E-state index is 12.7. The van der Waals surface area contributed by atoms with Crippen molar-refractivity contribution in [2.45, 2.75) is 44.7 Å². The minimum absolute atomic E-state index is 0.0196. The number of ether oxygens (including phenoxy) is 1. The molecule has 2 aliphatic heterocycles. The summed E-state index contributed by atoms with van der Waals surface area (Å²) in [6.07, 6.45) is 2.66. The summed E-state index contributed by atoms with van der Waals surface area (Å²) < 4.78 is 11.1. The molecule has 6 heteroatoms. The van der Waals surface area contributed by atoms with Crippen LogP contribution >= 0.6 is 0 Å². The lowest BCUT2D eigenvalue weighted by atomic mass is 10.0.